The Morgan fingerprint density at radius 2 is 2.05 bits per heavy atom. The van der Waals surface area contributed by atoms with Gasteiger partial charge in [-0.05, 0) is 31.2 Å². The largest absolute Gasteiger partial charge is 0.341 e. The number of hydrogen-bond acceptors (Lipinski definition) is 3. The summed E-state index contributed by atoms with van der Waals surface area (Å²) in [4.78, 5) is 26.8. The monoisotopic (exact) mass is 294 g/mol. The zero-order chi connectivity index (χ0) is 14.5. The number of amides is 2. The van der Waals surface area contributed by atoms with Crippen LogP contribution in [0.15, 0.2) is 17.5 Å². The molecule has 0 aliphatic heterocycles. The fourth-order valence-corrected chi connectivity index (χ4v) is 3.32. The number of carbonyl (C=O) groups is 2. The minimum absolute atomic E-state index is 0.00167. The number of rotatable bonds is 4. The van der Waals surface area contributed by atoms with Crippen LogP contribution in [0.4, 0.5) is 0 Å². The van der Waals surface area contributed by atoms with Gasteiger partial charge in [-0.25, -0.2) is 0 Å². The average Bonchev–Trinajstić information content (AvgIpc) is 3.01. The minimum Gasteiger partial charge on any atom is -0.341 e. The van der Waals surface area contributed by atoms with Gasteiger partial charge in [-0.15, -0.1) is 11.3 Å². The van der Waals surface area contributed by atoms with Gasteiger partial charge in [-0.2, -0.15) is 0 Å². The van der Waals surface area contributed by atoms with E-state index in [-0.39, 0.29) is 11.8 Å². The summed E-state index contributed by atoms with van der Waals surface area (Å²) in [7, 11) is 1.85. The van der Waals surface area contributed by atoms with Gasteiger partial charge < -0.3 is 10.2 Å². The van der Waals surface area contributed by atoms with Crippen LogP contribution in [0.2, 0.25) is 0 Å². The van der Waals surface area contributed by atoms with Crippen molar-refractivity contribution in [1.82, 2.24) is 10.2 Å². The third-order valence-corrected chi connectivity index (χ3v) is 4.80. The molecule has 110 valence electrons. The average molecular weight is 294 g/mol. The van der Waals surface area contributed by atoms with Gasteiger partial charge in [0.1, 0.15) is 6.04 Å². The lowest BCUT2D eigenvalue weighted by Crippen LogP contribution is -2.49. The number of nitrogens with one attached hydrogen (secondary N) is 1. The third-order valence-electron chi connectivity index (χ3n) is 3.93. The summed E-state index contributed by atoms with van der Waals surface area (Å²) >= 11 is 1.38. The molecule has 20 heavy (non-hydrogen) atoms. The molecule has 1 aliphatic rings. The molecule has 0 saturated heterocycles. The fraction of sp³-hybridized carbons (Fsp3) is 0.600. The van der Waals surface area contributed by atoms with Gasteiger partial charge in [0.2, 0.25) is 5.91 Å². The zero-order valence-corrected chi connectivity index (χ0v) is 12.9. The SMILES string of the molecule is CC(NC(=O)c1cccs1)C(=O)N(C)C1CCCCC1. The molecule has 0 aromatic carbocycles. The zero-order valence-electron chi connectivity index (χ0n) is 12.1. The Morgan fingerprint density at radius 3 is 2.65 bits per heavy atom. The molecule has 1 N–H and O–H groups in total. The van der Waals surface area contributed by atoms with Crippen molar-refractivity contribution in [3.05, 3.63) is 22.4 Å². The van der Waals surface area contributed by atoms with Crippen LogP contribution in [-0.2, 0) is 4.79 Å². The Kier molecular flexibility index (Phi) is 5.17. The van der Waals surface area contributed by atoms with E-state index in [0.717, 1.165) is 12.8 Å². The normalized spacial score (nSPS) is 17.5. The van der Waals surface area contributed by atoms with Crippen LogP contribution in [-0.4, -0.2) is 35.8 Å². The number of likely N-dealkylation sites (N-methyl/N-ethyl adjacent to an activating group) is 1. The molecule has 0 bridgehead atoms. The molecular formula is C15H22N2O2S. The Hall–Kier alpha value is -1.36. The van der Waals surface area contributed by atoms with E-state index in [0.29, 0.717) is 10.9 Å². The second-order valence-electron chi connectivity index (χ2n) is 5.41. The van der Waals surface area contributed by atoms with Gasteiger partial charge in [0.05, 0.1) is 4.88 Å². The van der Waals surface area contributed by atoms with Crippen molar-refractivity contribution in [2.24, 2.45) is 0 Å². The van der Waals surface area contributed by atoms with E-state index >= 15 is 0 Å². The van der Waals surface area contributed by atoms with Crippen molar-refractivity contribution in [2.45, 2.75) is 51.1 Å². The molecule has 5 heteroatoms. The molecule has 1 aromatic rings. The molecule has 1 atom stereocenters. The van der Waals surface area contributed by atoms with Crippen LogP contribution in [0, 0.1) is 0 Å². The Morgan fingerprint density at radius 1 is 1.35 bits per heavy atom. The summed E-state index contributed by atoms with van der Waals surface area (Å²) in [6.45, 7) is 1.76. The molecule has 2 rings (SSSR count). The quantitative estimate of drug-likeness (QED) is 0.928. The number of thiophene rings is 1. The van der Waals surface area contributed by atoms with Crippen LogP contribution in [0.1, 0.15) is 48.7 Å². The first-order chi connectivity index (χ1) is 9.59. The van der Waals surface area contributed by atoms with Crippen LogP contribution in [0.5, 0.6) is 0 Å². The maximum absolute atomic E-state index is 12.4. The molecule has 1 fully saturated rings. The van der Waals surface area contributed by atoms with E-state index in [1.165, 1.54) is 30.6 Å². The molecule has 4 nitrogen and oxygen atoms in total. The molecule has 1 unspecified atom stereocenters. The molecule has 1 aliphatic carbocycles. The smallest absolute Gasteiger partial charge is 0.261 e. The van der Waals surface area contributed by atoms with Gasteiger partial charge in [-0.1, -0.05) is 25.3 Å². The lowest BCUT2D eigenvalue weighted by Gasteiger charge is -2.33. The van der Waals surface area contributed by atoms with Crippen molar-refractivity contribution >= 4 is 23.2 Å². The second-order valence-corrected chi connectivity index (χ2v) is 6.36. The third kappa shape index (κ3) is 3.60. The lowest BCUT2D eigenvalue weighted by molar-refractivity contribution is -0.134. The van der Waals surface area contributed by atoms with Crippen LogP contribution in [0.25, 0.3) is 0 Å². The van der Waals surface area contributed by atoms with E-state index in [1.54, 1.807) is 13.0 Å². The first-order valence-corrected chi connectivity index (χ1v) is 8.08. The number of carbonyl (C=O) groups excluding carboxylic acids is 2. The Bertz CT molecular complexity index is 452. The standard InChI is InChI=1S/C15H22N2O2S/c1-11(16-14(18)13-9-6-10-20-13)15(19)17(2)12-7-4-3-5-8-12/h6,9-12H,3-5,7-8H2,1-2H3,(H,16,18). The van der Waals surface area contributed by atoms with Gasteiger partial charge in [0, 0.05) is 13.1 Å². The van der Waals surface area contributed by atoms with Crippen molar-refractivity contribution in [1.29, 1.82) is 0 Å². The highest BCUT2D eigenvalue weighted by Crippen LogP contribution is 2.22. The second kappa shape index (κ2) is 6.88. The highest BCUT2D eigenvalue weighted by molar-refractivity contribution is 7.12. The van der Waals surface area contributed by atoms with E-state index in [9.17, 15) is 9.59 Å². The lowest BCUT2D eigenvalue weighted by atomic mass is 9.94. The summed E-state index contributed by atoms with van der Waals surface area (Å²) in [6.07, 6.45) is 5.81. The highest BCUT2D eigenvalue weighted by atomic mass is 32.1. The van der Waals surface area contributed by atoms with E-state index in [2.05, 4.69) is 5.32 Å². The predicted octanol–water partition coefficient (Wildman–Crippen LogP) is 2.66. The molecule has 1 heterocycles. The van der Waals surface area contributed by atoms with E-state index in [4.69, 9.17) is 0 Å². The Balaban J connectivity index is 1.89. The van der Waals surface area contributed by atoms with Crippen LogP contribution >= 0.6 is 11.3 Å². The van der Waals surface area contributed by atoms with Crippen molar-refractivity contribution in [3.8, 4) is 0 Å². The first kappa shape index (κ1) is 15.0. The number of hydrogen-bond donors (Lipinski definition) is 1. The highest BCUT2D eigenvalue weighted by Gasteiger charge is 2.26. The molecule has 1 saturated carbocycles. The molecule has 0 radical (unpaired) electrons. The Labute approximate surface area is 124 Å². The summed E-state index contributed by atoms with van der Waals surface area (Å²) in [6, 6.07) is 3.45. The number of nitrogens with zero attached hydrogens (tertiary/aromatic N) is 1. The summed E-state index contributed by atoms with van der Waals surface area (Å²) in [5.74, 6) is -0.167. The summed E-state index contributed by atoms with van der Waals surface area (Å²) < 4.78 is 0. The molecular weight excluding hydrogens is 272 g/mol. The van der Waals surface area contributed by atoms with Crippen molar-refractivity contribution < 1.29 is 9.59 Å². The van der Waals surface area contributed by atoms with E-state index < -0.39 is 6.04 Å². The summed E-state index contributed by atoms with van der Waals surface area (Å²) in [5.41, 5.74) is 0. The molecule has 2 amide bonds. The van der Waals surface area contributed by atoms with Gasteiger partial charge in [0.15, 0.2) is 0 Å². The maximum atomic E-state index is 12.4. The molecule has 1 aromatic heterocycles. The van der Waals surface area contributed by atoms with Crippen LogP contribution < -0.4 is 5.32 Å². The van der Waals surface area contributed by atoms with Crippen molar-refractivity contribution in [2.75, 3.05) is 7.05 Å². The van der Waals surface area contributed by atoms with Gasteiger partial charge >= 0.3 is 0 Å². The first-order valence-electron chi connectivity index (χ1n) is 7.20. The maximum Gasteiger partial charge on any atom is 0.261 e. The topological polar surface area (TPSA) is 49.4 Å². The predicted molar refractivity (Wildman–Crippen MR) is 80.9 cm³/mol. The van der Waals surface area contributed by atoms with Gasteiger partial charge in [-0.3, -0.25) is 9.59 Å². The fourth-order valence-electron chi connectivity index (χ4n) is 2.69. The van der Waals surface area contributed by atoms with Crippen LogP contribution in [0.3, 0.4) is 0 Å². The summed E-state index contributed by atoms with van der Waals surface area (Å²) in [5, 5.41) is 4.64. The van der Waals surface area contributed by atoms with Crippen molar-refractivity contribution in [3.63, 3.8) is 0 Å². The minimum atomic E-state index is -0.475. The molecule has 0 spiro atoms. The van der Waals surface area contributed by atoms with Gasteiger partial charge in [0.25, 0.3) is 5.91 Å². The van der Waals surface area contributed by atoms with E-state index in [1.807, 2.05) is 23.4 Å².